The summed E-state index contributed by atoms with van der Waals surface area (Å²) >= 11 is 0. The van der Waals surface area contributed by atoms with Gasteiger partial charge in [-0.15, -0.1) is 12.3 Å². The summed E-state index contributed by atoms with van der Waals surface area (Å²) in [5.41, 5.74) is -0.545. The molecule has 0 spiro atoms. The van der Waals surface area contributed by atoms with Crippen molar-refractivity contribution in [2.45, 2.75) is 24.9 Å². The van der Waals surface area contributed by atoms with E-state index in [0.717, 1.165) is 0 Å². The summed E-state index contributed by atoms with van der Waals surface area (Å²) in [7, 11) is 0. The van der Waals surface area contributed by atoms with Gasteiger partial charge in [0, 0.05) is 38.2 Å². The third kappa shape index (κ3) is 3.26. The molecule has 1 aliphatic heterocycles. The van der Waals surface area contributed by atoms with Crippen molar-refractivity contribution >= 4 is 16.7 Å². The number of fused-ring (bicyclic) bond motifs is 1. The fourth-order valence-corrected chi connectivity index (χ4v) is 2.36. The van der Waals surface area contributed by atoms with Gasteiger partial charge in [-0.1, -0.05) is 0 Å². The first-order chi connectivity index (χ1) is 11.1. The number of hydrogen-bond acceptors (Lipinski definition) is 5. The Balaban J connectivity index is 1.63. The molecule has 0 saturated carbocycles. The minimum atomic E-state index is -0.428. The lowest BCUT2D eigenvalue weighted by atomic mass is 10.0. The number of pyridine rings is 2. The maximum absolute atomic E-state index is 12.2. The average Bonchev–Trinajstić information content (AvgIpc) is 3.33. The number of amides is 1. The Kier molecular flexibility index (Phi) is 3.89. The van der Waals surface area contributed by atoms with Crippen LogP contribution >= 0.6 is 0 Å². The highest BCUT2D eigenvalue weighted by Crippen LogP contribution is 2.35. The molecule has 3 rings (SSSR count). The first-order valence-electron chi connectivity index (χ1n) is 7.26. The third-order valence-corrected chi connectivity index (χ3v) is 3.76. The van der Waals surface area contributed by atoms with Crippen LogP contribution in [0, 0.1) is 12.3 Å². The molecular weight excluding hydrogens is 294 g/mol. The molecule has 3 heterocycles. The van der Waals surface area contributed by atoms with Crippen molar-refractivity contribution in [3.8, 4) is 12.3 Å². The van der Waals surface area contributed by atoms with Crippen LogP contribution in [-0.2, 0) is 0 Å². The van der Waals surface area contributed by atoms with Crippen molar-refractivity contribution in [2.24, 2.45) is 10.2 Å². The largest absolute Gasteiger partial charge is 0.351 e. The molecule has 2 aromatic heterocycles. The Morgan fingerprint density at radius 2 is 2.22 bits per heavy atom. The fraction of sp³-hybridized carbons (Fsp3) is 0.312. The highest BCUT2D eigenvalue weighted by atomic mass is 16.2. The Labute approximate surface area is 132 Å². The van der Waals surface area contributed by atoms with Crippen molar-refractivity contribution in [1.82, 2.24) is 15.3 Å². The summed E-state index contributed by atoms with van der Waals surface area (Å²) in [6.45, 7) is 0.410. The number of aromatic nitrogens is 2. The van der Waals surface area contributed by atoms with Gasteiger partial charge in [-0.25, -0.2) is 0 Å². The van der Waals surface area contributed by atoms with Crippen LogP contribution in [0.1, 0.15) is 29.8 Å². The molecule has 0 fully saturated rings. The van der Waals surface area contributed by atoms with Crippen molar-refractivity contribution < 1.29 is 4.79 Å². The van der Waals surface area contributed by atoms with E-state index in [9.17, 15) is 9.59 Å². The standard InChI is InChI=1S/C16H15N5O2/c1-2-3-5-16(20-21-16)6-8-18-15(23)13-9-11-4-7-17-10-12(11)14(22)19-13/h1,4,7,9-10H,3,5-6,8H2,(H,18,23)(H,19,22). The summed E-state index contributed by atoms with van der Waals surface area (Å²) in [5, 5.41) is 11.9. The molecule has 2 N–H and O–H groups in total. The van der Waals surface area contributed by atoms with Gasteiger partial charge in [0.1, 0.15) is 5.69 Å². The Morgan fingerprint density at radius 1 is 1.39 bits per heavy atom. The molecule has 0 unspecified atom stereocenters. The van der Waals surface area contributed by atoms with E-state index in [-0.39, 0.29) is 17.2 Å². The minimum Gasteiger partial charge on any atom is -0.351 e. The summed E-state index contributed by atoms with van der Waals surface area (Å²) in [4.78, 5) is 30.6. The number of rotatable bonds is 6. The monoisotopic (exact) mass is 309 g/mol. The molecule has 7 heteroatoms. The normalized spacial score (nSPS) is 14.4. The van der Waals surface area contributed by atoms with Gasteiger partial charge in [-0.3, -0.25) is 14.6 Å². The molecule has 1 aliphatic rings. The van der Waals surface area contributed by atoms with Crippen LogP contribution in [0.15, 0.2) is 39.5 Å². The van der Waals surface area contributed by atoms with E-state index in [0.29, 0.717) is 36.6 Å². The van der Waals surface area contributed by atoms with Gasteiger partial charge in [-0.2, -0.15) is 10.2 Å². The molecule has 0 atom stereocenters. The zero-order valence-corrected chi connectivity index (χ0v) is 12.4. The van der Waals surface area contributed by atoms with Crippen molar-refractivity contribution in [1.29, 1.82) is 0 Å². The van der Waals surface area contributed by atoms with Gasteiger partial charge >= 0.3 is 0 Å². The second-order valence-corrected chi connectivity index (χ2v) is 5.37. The molecule has 116 valence electrons. The second kappa shape index (κ2) is 6.01. The Morgan fingerprint density at radius 3 is 2.96 bits per heavy atom. The number of carbonyl (C=O) groups excluding carboxylic acids is 1. The van der Waals surface area contributed by atoms with E-state index in [4.69, 9.17) is 6.42 Å². The molecule has 0 radical (unpaired) electrons. The molecule has 1 amide bonds. The lowest BCUT2D eigenvalue weighted by molar-refractivity contribution is 0.0947. The topological polar surface area (TPSA) is 99.6 Å². The predicted molar refractivity (Wildman–Crippen MR) is 85.0 cm³/mol. The van der Waals surface area contributed by atoms with Crippen molar-refractivity contribution in [2.75, 3.05) is 6.54 Å². The van der Waals surface area contributed by atoms with Crippen molar-refractivity contribution in [3.63, 3.8) is 0 Å². The molecule has 0 saturated heterocycles. The average molecular weight is 309 g/mol. The van der Waals surface area contributed by atoms with Crippen LogP contribution in [0.2, 0.25) is 0 Å². The smallest absolute Gasteiger partial charge is 0.267 e. The lowest BCUT2D eigenvalue weighted by Crippen LogP contribution is -2.30. The van der Waals surface area contributed by atoms with E-state index >= 15 is 0 Å². The SMILES string of the molecule is C#CCCC1(CCNC(=O)c2cc3ccncc3c(=O)[nH]2)N=N1. The van der Waals surface area contributed by atoms with Crippen LogP contribution in [0.25, 0.3) is 10.8 Å². The molecule has 2 aromatic rings. The minimum absolute atomic E-state index is 0.219. The predicted octanol–water partition coefficient (Wildman–Crippen LogP) is 1.62. The quantitative estimate of drug-likeness (QED) is 0.793. The first-order valence-corrected chi connectivity index (χ1v) is 7.26. The summed E-state index contributed by atoms with van der Waals surface area (Å²) in [5.74, 6) is 2.22. The second-order valence-electron chi connectivity index (χ2n) is 5.37. The van der Waals surface area contributed by atoms with Gasteiger partial charge in [0.05, 0.1) is 5.39 Å². The molecule has 23 heavy (non-hydrogen) atoms. The molecular formula is C16H15N5O2. The van der Waals surface area contributed by atoms with Crippen LogP contribution < -0.4 is 10.9 Å². The Bertz CT molecular complexity index is 872. The summed E-state index contributed by atoms with van der Waals surface area (Å²) < 4.78 is 0. The third-order valence-electron chi connectivity index (χ3n) is 3.76. The lowest BCUT2D eigenvalue weighted by Gasteiger charge is -2.10. The molecule has 0 aliphatic carbocycles. The van der Waals surface area contributed by atoms with E-state index in [1.807, 2.05) is 0 Å². The number of H-pyrrole nitrogens is 1. The number of terminal acetylenes is 1. The number of carbonyl (C=O) groups is 1. The number of hydrogen-bond donors (Lipinski definition) is 2. The van der Waals surface area contributed by atoms with Crippen LogP contribution in [-0.4, -0.2) is 28.1 Å². The fourth-order valence-electron chi connectivity index (χ4n) is 2.36. The van der Waals surface area contributed by atoms with Gasteiger partial charge in [0.15, 0.2) is 5.66 Å². The molecule has 7 nitrogen and oxygen atoms in total. The summed E-state index contributed by atoms with van der Waals surface area (Å²) in [6, 6.07) is 3.33. The van der Waals surface area contributed by atoms with Crippen molar-refractivity contribution in [3.05, 3.63) is 40.6 Å². The first kappa shape index (κ1) is 14.9. The van der Waals surface area contributed by atoms with E-state index in [2.05, 4.69) is 31.4 Å². The van der Waals surface area contributed by atoms with E-state index in [1.165, 1.54) is 6.20 Å². The van der Waals surface area contributed by atoms with Crippen LogP contribution in [0.4, 0.5) is 0 Å². The van der Waals surface area contributed by atoms with Crippen LogP contribution in [0.3, 0.4) is 0 Å². The van der Waals surface area contributed by atoms with E-state index < -0.39 is 5.66 Å². The molecule has 0 aromatic carbocycles. The molecule has 0 bridgehead atoms. The van der Waals surface area contributed by atoms with Gasteiger partial charge in [0.25, 0.3) is 11.5 Å². The van der Waals surface area contributed by atoms with Gasteiger partial charge < -0.3 is 10.3 Å². The van der Waals surface area contributed by atoms with Gasteiger partial charge in [0.2, 0.25) is 0 Å². The number of nitrogens with zero attached hydrogens (tertiary/aromatic N) is 3. The highest BCUT2D eigenvalue weighted by molar-refractivity contribution is 5.96. The van der Waals surface area contributed by atoms with Crippen LogP contribution in [0.5, 0.6) is 0 Å². The van der Waals surface area contributed by atoms with Gasteiger partial charge in [-0.05, 0) is 17.5 Å². The maximum atomic E-state index is 12.2. The zero-order valence-electron chi connectivity index (χ0n) is 12.4. The number of aromatic amines is 1. The highest BCUT2D eigenvalue weighted by Gasteiger charge is 2.38. The number of nitrogens with one attached hydrogen (secondary N) is 2. The maximum Gasteiger partial charge on any atom is 0.267 e. The summed E-state index contributed by atoms with van der Waals surface area (Å²) in [6.07, 6.45) is 10.2. The zero-order chi connectivity index (χ0) is 16.3. The Hall–Kier alpha value is -3.01. The van der Waals surface area contributed by atoms with E-state index in [1.54, 1.807) is 18.3 Å².